The minimum atomic E-state index is -1.07. The van der Waals surface area contributed by atoms with E-state index in [1.165, 1.54) is 0 Å². The molecule has 1 atom stereocenters. The molecule has 6 heteroatoms. The van der Waals surface area contributed by atoms with E-state index in [1.54, 1.807) is 6.07 Å². The summed E-state index contributed by atoms with van der Waals surface area (Å²) in [7, 11) is 0. The lowest BCUT2D eigenvalue weighted by Crippen LogP contribution is -2.35. The van der Waals surface area contributed by atoms with Crippen molar-refractivity contribution < 1.29 is 14.7 Å². The average molecular weight is 292 g/mol. The normalized spacial score (nSPS) is 16.0. The summed E-state index contributed by atoms with van der Waals surface area (Å²) in [5.41, 5.74) is 0.721. The van der Waals surface area contributed by atoms with Crippen molar-refractivity contribution in [1.29, 1.82) is 0 Å². The first kappa shape index (κ1) is 15.4. The highest BCUT2D eigenvalue weighted by atomic mass is 16.4. The van der Waals surface area contributed by atoms with Crippen molar-refractivity contribution in [2.75, 3.05) is 0 Å². The summed E-state index contributed by atoms with van der Waals surface area (Å²) in [5.74, 6) is -0.757. The molecule has 1 saturated carbocycles. The molecule has 1 fully saturated rings. The van der Waals surface area contributed by atoms with E-state index in [9.17, 15) is 19.5 Å². The van der Waals surface area contributed by atoms with Crippen LogP contribution >= 0.6 is 0 Å². The van der Waals surface area contributed by atoms with E-state index in [0.717, 1.165) is 17.5 Å². The van der Waals surface area contributed by atoms with Crippen LogP contribution < -0.4 is 5.56 Å². The molecule has 1 heterocycles. The fourth-order valence-corrected chi connectivity index (χ4v) is 2.42. The molecular formula is C15H20N2O4. The quantitative estimate of drug-likeness (QED) is 0.770. The second-order valence-corrected chi connectivity index (χ2v) is 5.97. The molecule has 2 rings (SSSR count). The van der Waals surface area contributed by atoms with E-state index < -0.39 is 12.0 Å². The molecule has 21 heavy (non-hydrogen) atoms. The molecule has 0 aromatic carbocycles. The molecule has 6 nitrogen and oxygen atoms in total. The minimum Gasteiger partial charge on any atom is -0.480 e. The van der Waals surface area contributed by atoms with Gasteiger partial charge in [0.15, 0.2) is 6.04 Å². The van der Waals surface area contributed by atoms with Crippen LogP contribution in [0, 0.1) is 5.92 Å². The zero-order valence-corrected chi connectivity index (χ0v) is 12.3. The number of carbonyl (C=O) groups is 2. The summed E-state index contributed by atoms with van der Waals surface area (Å²) < 4.78 is 1.06. The number of aldehydes is 1. The summed E-state index contributed by atoms with van der Waals surface area (Å²) in [6, 6.07) is 0.667. The van der Waals surface area contributed by atoms with Crippen LogP contribution in [0.25, 0.3) is 0 Å². The number of hydrogen-bond acceptors (Lipinski definition) is 4. The lowest BCUT2D eigenvalue weighted by molar-refractivity contribution is -0.141. The van der Waals surface area contributed by atoms with Crippen molar-refractivity contribution in [2.24, 2.45) is 5.92 Å². The fraction of sp³-hybridized carbons (Fsp3) is 0.600. The van der Waals surface area contributed by atoms with E-state index in [1.807, 2.05) is 13.8 Å². The molecule has 0 bridgehead atoms. The Morgan fingerprint density at radius 2 is 2.19 bits per heavy atom. The summed E-state index contributed by atoms with van der Waals surface area (Å²) in [5, 5.41) is 13.5. The predicted octanol–water partition coefficient (Wildman–Crippen LogP) is 1.53. The Hall–Kier alpha value is -1.98. The Bertz CT molecular complexity index is 602. The van der Waals surface area contributed by atoms with Gasteiger partial charge < -0.3 is 9.90 Å². The fourth-order valence-electron chi connectivity index (χ4n) is 2.42. The Kier molecular flexibility index (Phi) is 4.55. The van der Waals surface area contributed by atoms with Crippen molar-refractivity contribution >= 4 is 12.3 Å². The zero-order chi connectivity index (χ0) is 15.6. The number of carboxylic acid groups (broad SMARTS) is 1. The van der Waals surface area contributed by atoms with Crippen LogP contribution in [-0.2, 0) is 16.0 Å². The molecule has 0 amide bonds. The van der Waals surface area contributed by atoms with Crippen LogP contribution in [0.5, 0.6) is 0 Å². The van der Waals surface area contributed by atoms with E-state index in [4.69, 9.17) is 0 Å². The van der Waals surface area contributed by atoms with Crippen LogP contribution in [0.3, 0.4) is 0 Å². The summed E-state index contributed by atoms with van der Waals surface area (Å²) in [6.45, 7) is 3.80. The number of carbonyl (C=O) groups excluding carboxylic acids is 1. The molecule has 0 aliphatic heterocycles. The van der Waals surface area contributed by atoms with E-state index in [0.29, 0.717) is 24.0 Å². The topological polar surface area (TPSA) is 89.3 Å². The molecule has 1 aromatic heterocycles. The summed E-state index contributed by atoms with van der Waals surface area (Å²) in [4.78, 5) is 34.7. The van der Waals surface area contributed by atoms with Gasteiger partial charge in [0.05, 0.1) is 5.69 Å². The first-order valence-electron chi connectivity index (χ1n) is 7.23. The molecule has 1 N–H and O–H groups in total. The molecular weight excluding hydrogens is 272 g/mol. The van der Waals surface area contributed by atoms with Crippen LogP contribution in [-0.4, -0.2) is 27.1 Å². The average Bonchev–Trinajstić information content (AvgIpc) is 3.22. The highest BCUT2D eigenvalue weighted by molar-refractivity contribution is 5.71. The van der Waals surface area contributed by atoms with Gasteiger partial charge in [-0.1, -0.05) is 13.8 Å². The highest BCUT2D eigenvalue weighted by Gasteiger charge is 2.31. The first-order chi connectivity index (χ1) is 9.93. The molecule has 0 spiro atoms. The molecule has 0 saturated heterocycles. The third-order valence-electron chi connectivity index (χ3n) is 3.60. The number of hydrogen-bond donors (Lipinski definition) is 1. The maximum absolute atomic E-state index is 12.5. The maximum atomic E-state index is 12.5. The van der Waals surface area contributed by atoms with Crippen molar-refractivity contribution in [3.05, 3.63) is 27.7 Å². The van der Waals surface area contributed by atoms with Crippen LogP contribution in [0.2, 0.25) is 0 Å². The molecule has 1 aliphatic carbocycles. The molecule has 114 valence electrons. The largest absolute Gasteiger partial charge is 0.480 e. The van der Waals surface area contributed by atoms with Gasteiger partial charge >= 0.3 is 5.97 Å². The van der Waals surface area contributed by atoms with Crippen molar-refractivity contribution in [2.45, 2.75) is 51.5 Å². The van der Waals surface area contributed by atoms with Crippen molar-refractivity contribution in [3.8, 4) is 0 Å². The van der Waals surface area contributed by atoms with Gasteiger partial charge in [-0.3, -0.25) is 4.79 Å². The van der Waals surface area contributed by atoms with E-state index in [-0.39, 0.29) is 23.8 Å². The Morgan fingerprint density at radius 1 is 1.52 bits per heavy atom. The minimum absolute atomic E-state index is 0.0913. The van der Waals surface area contributed by atoms with Crippen LogP contribution in [0.4, 0.5) is 0 Å². The molecule has 0 radical (unpaired) electrons. The lowest BCUT2D eigenvalue weighted by atomic mass is 10.0. The van der Waals surface area contributed by atoms with Crippen molar-refractivity contribution in [3.63, 3.8) is 0 Å². The monoisotopic (exact) mass is 292 g/mol. The smallest absolute Gasteiger partial charge is 0.328 e. The number of aliphatic carboxylic acids is 1. The van der Waals surface area contributed by atoms with Gasteiger partial charge in [0.1, 0.15) is 6.29 Å². The first-order valence-corrected chi connectivity index (χ1v) is 7.23. The standard InChI is InChI=1S/C15H20N2O4/c1-9(2)7-13(15(20)21)17-14(19)12(10-3-4-10)8-11(16-17)5-6-18/h6,8-10,13H,3-5,7H2,1-2H3,(H,20,21)/t13-/m0/s1. The van der Waals surface area contributed by atoms with E-state index in [2.05, 4.69) is 5.10 Å². The number of nitrogens with zero attached hydrogens (tertiary/aromatic N) is 2. The lowest BCUT2D eigenvalue weighted by Gasteiger charge is -2.18. The Morgan fingerprint density at radius 3 is 2.67 bits per heavy atom. The number of carboxylic acids is 1. The van der Waals surface area contributed by atoms with Gasteiger partial charge in [0, 0.05) is 12.0 Å². The van der Waals surface area contributed by atoms with Gasteiger partial charge in [-0.15, -0.1) is 0 Å². The van der Waals surface area contributed by atoms with Gasteiger partial charge in [0.2, 0.25) is 0 Å². The van der Waals surface area contributed by atoms with Gasteiger partial charge in [-0.2, -0.15) is 5.10 Å². The Balaban J connectivity index is 2.50. The van der Waals surface area contributed by atoms with Gasteiger partial charge in [-0.05, 0) is 37.2 Å². The van der Waals surface area contributed by atoms with Gasteiger partial charge in [-0.25, -0.2) is 9.48 Å². The molecule has 1 aliphatic rings. The highest BCUT2D eigenvalue weighted by Crippen LogP contribution is 2.38. The third-order valence-corrected chi connectivity index (χ3v) is 3.60. The third kappa shape index (κ3) is 3.56. The van der Waals surface area contributed by atoms with Gasteiger partial charge in [0.25, 0.3) is 5.56 Å². The number of rotatable bonds is 7. The second kappa shape index (κ2) is 6.20. The second-order valence-electron chi connectivity index (χ2n) is 5.97. The molecule has 0 unspecified atom stereocenters. The van der Waals surface area contributed by atoms with E-state index >= 15 is 0 Å². The van der Waals surface area contributed by atoms with Crippen LogP contribution in [0.1, 0.15) is 56.3 Å². The maximum Gasteiger partial charge on any atom is 0.328 e. The number of aromatic nitrogens is 2. The van der Waals surface area contributed by atoms with Crippen molar-refractivity contribution in [1.82, 2.24) is 9.78 Å². The van der Waals surface area contributed by atoms with Crippen LogP contribution in [0.15, 0.2) is 10.9 Å². The SMILES string of the molecule is CC(C)C[C@@H](C(=O)O)n1nc(CC=O)cc(C2CC2)c1=O. The summed E-state index contributed by atoms with van der Waals surface area (Å²) >= 11 is 0. The summed E-state index contributed by atoms with van der Waals surface area (Å²) in [6.07, 6.45) is 3.00. The zero-order valence-electron chi connectivity index (χ0n) is 12.3. The Labute approximate surface area is 122 Å². The predicted molar refractivity (Wildman–Crippen MR) is 76.4 cm³/mol. The molecule has 1 aromatic rings.